The van der Waals surface area contributed by atoms with Gasteiger partial charge in [-0.15, -0.1) is 0 Å². The molecule has 0 aromatic heterocycles. The first-order valence-electron chi connectivity index (χ1n) is 4.11. The van der Waals surface area contributed by atoms with Gasteiger partial charge in [0.1, 0.15) is 0 Å². The van der Waals surface area contributed by atoms with Crippen LogP contribution in [0.1, 0.15) is 20.8 Å². The average molecular weight is 190 g/mol. The van der Waals surface area contributed by atoms with Crippen molar-refractivity contribution in [3.05, 3.63) is 0 Å². The number of ether oxygens (including phenoxy) is 3. The fourth-order valence-electron chi connectivity index (χ4n) is 0.604. The topological polar surface area (TPSA) is 61.8 Å². The van der Waals surface area contributed by atoms with Crippen molar-refractivity contribution in [2.24, 2.45) is 0 Å². The lowest BCUT2D eigenvalue weighted by atomic mass is 10.4. The number of hydrogen-bond donors (Lipinski definition) is 0. The molecule has 76 valence electrons. The van der Waals surface area contributed by atoms with E-state index in [2.05, 4.69) is 14.2 Å². The molecule has 5 nitrogen and oxygen atoms in total. The van der Waals surface area contributed by atoms with Gasteiger partial charge in [0.25, 0.3) is 0 Å². The van der Waals surface area contributed by atoms with Gasteiger partial charge in [-0.25, -0.2) is 9.59 Å². The molecule has 0 rings (SSSR count). The zero-order valence-electron chi connectivity index (χ0n) is 8.03. The maximum Gasteiger partial charge on any atom is 0.509 e. The molecule has 0 unspecified atom stereocenters. The van der Waals surface area contributed by atoms with E-state index < -0.39 is 18.2 Å². The van der Waals surface area contributed by atoms with Gasteiger partial charge < -0.3 is 14.2 Å². The Morgan fingerprint density at radius 1 is 1.15 bits per heavy atom. The van der Waals surface area contributed by atoms with Crippen molar-refractivity contribution in [3.63, 3.8) is 0 Å². The molecule has 0 bridgehead atoms. The van der Waals surface area contributed by atoms with Crippen molar-refractivity contribution in [2.75, 3.05) is 13.2 Å². The van der Waals surface area contributed by atoms with Crippen molar-refractivity contribution in [2.45, 2.75) is 26.9 Å². The molecule has 0 saturated heterocycles. The second kappa shape index (κ2) is 6.28. The molecule has 0 radical (unpaired) electrons. The third kappa shape index (κ3) is 5.05. The predicted molar refractivity (Wildman–Crippen MR) is 44.2 cm³/mol. The van der Waals surface area contributed by atoms with E-state index >= 15 is 0 Å². The minimum absolute atomic E-state index is 0.217. The van der Waals surface area contributed by atoms with E-state index in [1.54, 1.807) is 13.8 Å². The van der Waals surface area contributed by atoms with Gasteiger partial charge in [0, 0.05) is 0 Å². The average Bonchev–Trinajstić information content (AvgIpc) is 2.05. The van der Waals surface area contributed by atoms with Gasteiger partial charge in [-0.3, -0.25) is 0 Å². The van der Waals surface area contributed by atoms with Gasteiger partial charge in [-0.2, -0.15) is 0 Å². The number of hydrogen-bond acceptors (Lipinski definition) is 5. The quantitative estimate of drug-likeness (QED) is 0.621. The molecule has 0 saturated carbocycles. The Morgan fingerprint density at radius 2 is 1.69 bits per heavy atom. The minimum Gasteiger partial charge on any atom is -0.463 e. The zero-order valence-corrected chi connectivity index (χ0v) is 8.03. The highest BCUT2D eigenvalue weighted by Crippen LogP contribution is 1.97. The molecular weight excluding hydrogens is 176 g/mol. The Hall–Kier alpha value is -1.26. The smallest absolute Gasteiger partial charge is 0.463 e. The summed E-state index contributed by atoms with van der Waals surface area (Å²) in [5, 5.41) is 0. The molecule has 0 aliphatic heterocycles. The SMILES string of the molecule is CCOC(=O)O[C@H](C)C(=O)OCC. The number of esters is 1. The van der Waals surface area contributed by atoms with Crippen molar-refractivity contribution >= 4 is 12.1 Å². The maximum absolute atomic E-state index is 10.9. The molecule has 0 aliphatic rings. The third-order valence-corrected chi connectivity index (χ3v) is 1.15. The van der Waals surface area contributed by atoms with Crippen LogP contribution in [0.5, 0.6) is 0 Å². The first-order chi connectivity index (χ1) is 6.11. The van der Waals surface area contributed by atoms with Crippen LogP contribution in [-0.2, 0) is 19.0 Å². The highest BCUT2D eigenvalue weighted by molar-refractivity contribution is 5.76. The molecule has 13 heavy (non-hydrogen) atoms. The lowest BCUT2D eigenvalue weighted by molar-refractivity contribution is -0.153. The summed E-state index contributed by atoms with van der Waals surface area (Å²) in [6.07, 6.45) is -1.78. The molecule has 0 aromatic carbocycles. The highest BCUT2D eigenvalue weighted by Gasteiger charge is 2.18. The van der Waals surface area contributed by atoms with Crippen LogP contribution < -0.4 is 0 Å². The predicted octanol–water partition coefficient (Wildman–Crippen LogP) is 1.11. The van der Waals surface area contributed by atoms with Gasteiger partial charge in [0.05, 0.1) is 13.2 Å². The molecule has 5 heteroatoms. The van der Waals surface area contributed by atoms with Crippen LogP contribution in [0.15, 0.2) is 0 Å². The van der Waals surface area contributed by atoms with Gasteiger partial charge >= 0.3 is 12.1 Å². The Kier molecular flexibility index (Phi) is 5.67. The van der Waals surface area contributed by atoms with E-state index in [1.165, 1.54) is 6.92 Å². The first kappa shape index (κ1) is 11.7. The standard InChI is InChI=1S/C8H14O5/c1-4-11-7(9)6(3)13-8(10)12-5-2/h6H,4-5H2,1-3H3/t6-/m1/s1. The summed E-state index contributed by atoms with van der Waals surface area (Å²) < 4.78 is 13.7. The number of rotatable bonds is 4. The minimum atomic E-state index is -0.918. The van der Waals surface area contributed by atoms with E-state index in [1.807, 2.05) is 0 Å². The number of carbonyl (C=O) groups is 2. The summed E-state index contributed by atoms with van der Waals surface area (Å²) in [6.45, 7) is 5.23. The van der Waals surface area contributed by atoms with E-state index in [0.717, 1.165) is 0 Å². The lowest BCUT2D eigenvalue weighted by Crippen LogP contribution is -2.26. The van der Waals surface area contributed by atoms with Crippen LogP contribution in [0.3, 0.4) is 0 Å². The van der Waals surface area contributed by atoms with Crippen molar-refractivity contribution in [1.29, 1.82) is 0 Å². The van der Waals surface area contributed by atoms with Crippen LogP contribution in [-0.4, -0.2) is 31.4 Å². The monoisotopic (exact) mass is 190 g/mol. The third-order valence-electron chi connectivity index (χ3n) is 1.15. The fraction of sp³-hybridized carbons (Fsp3) is 0.750. The van der Waals surface area contributed by atoms with Gasteiger partial charge in [-0.05, 0) is 20.8 Å². The summed E-state index contributed by atoms with van der Waals surface area (Å²) in [5.74, 6) is -0.574. The molecule has 0 amide bonds. The summed E-state index contributed by atoms with van der Waals surface area (Å²) in [6, 6.07) is 0. The Balaban J connectivity index is 3.78. The first-order valence-corrected chi connectivity index (χ1v) is 4.11. The van der Waals surface area contributed by atoms with Crippen LogP contribution >= 0.6 is 0 Å². The summed E-state index contributed by atoms with van der Waals surface area (Å²) in [5.41, 5.74) is 0. The Bertz CT molecular complexity index is 177. The second-order valence-corrected chi connectivity index (χ2v) is 2.20. The van der Waals surface area contributed by atoms with E-state index in [0.29, 0.717) is 0 Å². The summed E-state index contributed by atoms with van der Waals surface area (Å²) >= 11 is 0. The Morgan fingerprint density at radius 3 is 2.15 bits per heavy atom. The molecule has 0 aliphatic carbocycles. The van der Waals surface area contributed by atoms with Crippen molar-refractivity contribution in [1.82, 2.24) is 0 Å². The largest absolute Gasteiger partial charge is 0.509 e. The van der Waals surface area contributed by atoms with Gasteiger partial charge in [0.15, 0.2) is 6.10 Å². The molecule has 0 spiro atoms. The fourth-order valence-corrected chi connectivity index (χ4v) is 0.604. The maximum atomic E-state index is 10.9. The van der Waals surface area contributed by atoms with Crippen molar-refractivity contribution < 1.29 is 23.8 Å². The van der Waals surface area contributed by atoms with Gasteiger partial charge in [0.2, 0.25) is 0 Å². The normalized spacial score (nSPS) is 11.6. The van der Waals surface area contributed by atoms with E-state index in [-0.39, 0.29) is 13.2 Å². The summed E-state index contributed by atoms with van der Waals surface area (Å²) in [4.78, 5) is 21.6. The van der Waals surface area contributed by atoms with Crippen LogP contribution in [0.2, 0.25) is 0 Å². The highest BCUT2D eigenvalue weighted by atomic mass is 16.7. The van der Waals surface area contributed by atoms with Gasteiger partial charge in [-0.1, -0.05) is 0 Å². The van der Waals surface area contributed by atoms with Crippen LogP contribution in [0, 0.1) is 0 Å². The molecule has 0 N–H and O–H groups in total. The molecule has 0 fully saturated rings. The van der Waals surface area contributed by atoms with Crippen LogP contribution in [0.4, 0.5) is 4.79 Å². The molecule has 1 atom stereocenters. The molecular formula is C8H14O5. The Labute approximate surface area is 77.0 Å². The lowest BCUT2D eigenvalue weighted by Gasteiger charge is -2.10. The van der Waals surface area contributed by atoms with E-state index in [4.69, 9.17) is 0 Å². The number of carbonyl (C=O) groups excluding carboxylic acids is 2. The molecule has 0 aromatic rings. The van der Waals surface area contributed by atoms with Crippen molar-refractivity contribution in [3.8, 4) is 0 Å². The van der Waals surface area contributed by atoms with Crippen LogP contribution in [0.25, 0.3) is 0 Å². The summed E-state index contributed by atoms with van der Waals surface area (Å²) in [7, 11) is 0. The second-order valence-electron chi connectivity index (χ2n) is 2.20. The molecule has 0 heterocycles. The zero-order chi connectivity index (χ0) is 10.3. The van der Waals surface area contributed by atoms with E-state index in [9.17, 15) is 9.59 Å².